The third kappa shape index (κ3) is 4.57. The molecule has 7 nitrogen and oxygen atoms in total. The van der Waals surface area contributed by atoms with Gasteiger partial charge in [0.25, 0.3) is 5.91 Å². The molecule has 0 spiro atoms. The van der Waals surface area contributed by atoms with Crippen molar-refractivity contribution in [3.63, 3.8) is 0 Å². The number of fused-ring (bicyclic) bond motifs is 1. The summed E-state index contributed by atoms with van der Waals surface area (Å²) in [5, 5.41) is 2.93. The van der Waals surface area contributed by atoms with Crippen molar-refractivity contribution in [2.24, 2.45) is 17.8 Å². The first-order valence-corrected chi connectivity index (χ1v) is 9.92. The van der Waals surface area contributed by atoms with Crippen molar-refractivity contribution in [3.8, 4) is 0 Å². The van der Waals surface area contributed by atoms with Crippen LogP contribution in [0.4, 0.5) is 0 Å². The number of rotatable bonds is 6. The molecule has 2 fully saturated rings. The maximum absolute atomic E-state index is 12.3. The van der Waals surface area contributed by atoms with Crippen molar-refractivity contribution >= 4 is 23.7 Å². The minimum Gasteiger partial charge on any atom is -0.456 e. The van der Waals surface area contributed by atoms with Crippen LogP contribution < -0.4 is 5.32 Å². The average Bonchev–Trinajstić information content (AvgIpc) is 2.91. The van der Waals surface area contributed by atoms with Crippen LogP contribution in [-0.4, -0.2) is 47.8 Å². The number of nitrogens with zero attached hydrogens (tertiary/aromatic N) is 1. The van der Waals surface area contributed by atoms with Gasteiger partial charge in [0.05, 0.1) is 18.3 Å². The van der Waals surface area contributed by atoms with Crippen LogP contribution >= 0.6 is 0 Å². The SMILES string of the molecule is C[C@H]1CCCC[C@H]1NC(=O)COC(=O)CCN1C(=O)[C@H]2CC=CC[C@H]2C1=O. The highest BCUT2D eigenvalue weighted by Gasteiger charge is 2.46. The molecular formula is C20H28N2O5. The molecule has 1 aliphatic heterocycles. The molecule has 148 valence electrons. The van der Waals surface area contributed by atoms with E-state index in [-0.39, 0.29) is 55.2 Å². The lowest BCUT2D eigenvalue weighted by atomic mass is 9.85. The fourth-order valence-electron chi connectivity index (χ4n) is 4.29. The summed E-state index contributed by atoms with van der Waals surface area (Å²) in [7, 11) is 0. The standard InChI is InChI=1S/C20H28N2O5/c1-13-6-2-5-9-16(13)21-17(23)12-27-18(24)10-11-22-19(25)14-7-3-4-8-15(14)20(22)26/h3-4,13-16H,2,5-12H2,1H3,(H,21,23)/t13-,14-,15+,16+/m0/s1. The fraction of sp³-hybridized carbons (Fsp3) is 0.700. The molecule has 1 saturated heterocycles. The van der Waals surface area contributed by atoms with E-state index < -0.39 is 5.97 Å². The van der Waals surface area contributed by atoms with E-state index >= 15 is 0 Å². The Hall–Kier alpha value is -2.18. The van der Waals surface area contributed by atoms with Gasteiger partial charge in [-0.1, -0.05) is 31.9 Å². The van der Waals surface area contributed by atoms with E-state index in [9.17, 15) is 19.2 Å². The summed E-state index contributed by atoms with van der Waals surface area (Å²) in [4.78, 5) is 49.8. The molecule has 0 radical (unpaired) electrons. The molecule has 27 heavy (non-hydrogen) atoms. The minimum atomic E-state index is -0.574. The van der Waals surface area contributed by atoms with E-state index in [2.05, 4.69) is 12.2 Å². The minimum absolute atomic E-state index is 0.0186. The summed E-state index contributed by atoms with van der Waals surface area (Å²) in [5.74, 6) is -1.42. The molecule has 7 heteroatoms. The number of esters is 1. The quantitative estimate of drug-likeness (QED) is 0.431. The molecule has 1 saturated carbocycles. The Kier molecular flexibility index (Phi) is 6.29. The maximum Gasteiger partial charge on any atom is 0.308 e. The summed E-state index contributed by atoms with van der Waals surface area (Å²) in [5.41, 5.74) is 0. The maximum atomic E-state index is 12.3. The lowest BCUT2D eigenvalue weighted by Crippen LogP contribution is -2.43. The number of hydrogen-bond acceptors (Lipinski definition) is 5. The summed E-state index contributed by atoms with van der Waals surface area (Å²) in [6.07, 6.45) is 9.27. The first-order valence-electron chi connectivity index (χ1n) is 9.92. The first kappa shape index (κ1) is 19.6. The van der Waals surface area contributed by atoms with Gasteiger partial charge >= 0.3 is 5.97 Å². The predicted molar refractivity (Wildman–Crippen MR) is 97.2 cm³/mol. The molecule has 0 aromatic heterocycles. The summed E-state index contributed by atoms with van der Waals surface area (Å²) >= 11 is 0. The molecule has 3 aliphatic rings. The Bertz CT molecular complexity index is 618. The van der Waals surface area contributed by atoms with E-state index in [0.717, 1.165) is 19.3 Å². The third-order valence-electron chi connectivity index (χ3n) is 5.96. The second-order valence-corrected chi connectivity index (χ2v) is 7.83. The molecule has 4 atom stereocenters. The van der Waals surface area contributed by atoms with E-state index in [1.807, 2.05) is 12.2 Å². The van der Waals surface area contributed by atoms with Gasteiger partial charge < -0.3 is 10.1 Å². The van der Waals surface area contributed by atoms with Crippen LogP contribution in [0.3, 0.4) is 0 Å². The molecule has 3 amide bonds. The Morgan fingerprint density at radius 1 is 1.11 bits per heavy atom. The number of likely N-dealkylation sites (tertiary alicyclic amines) is 1. The number of hydrogen-bond donors (Lipinski definition) is 1. The number of allylic oxidation sites excluding steroid dienone is 2. The lowest BCUT2D eigenvalue weighted by molar-refractivity contribution is -0.150. The van der Waals surface area contributed by atoms with Crippen LogP contribution in [-0.2, 0) is 23.9 Å². The zero-order valence-electron chi connectivity index (χ0n) is 15.8. The Balaban J connectivity index is 1.39. The number of imide groups is 1. The number of carbonyl (C=O) groups excluding carboxylic acids is 4. The summed E-state index contributed by atoms with van der Waals surface area (Å²) in [6.45, 7) is 1.82. The molecule has 1 heterocycles. The van der Waals surface area contributed by atoms with Crippen LogP contribution in [0.1, 0.15) is 51.9 Å². The van der Waals surface area contributed by atoms with Crippen LogP contribution in [0.25, 0.3) is 0 Å². The van der Waals surface area contributed by atoms with Crippen molar-refractivity contribution < 1.29 is 23.9 Å². The predicted octanol–water partition coefficient (Wildman–Crippen LogP) is 1.57. The topological polar surface area (TPSA) is 92.8 Å². The van der Waals surface area contributed by atoms with E-state index in [0.29, 0.717) is 18.8 Å². The van der Waals surface area contributed by atoms with Gasteiger partial charge in [0.15, 0.2) is 6.61 Å². The molecule has 1 N–H and O–H groups in total. The summed E-state index contributed by atoms with van der Waals surface area (Å²) < 4.78 is 5.02. The third-order valence-corrected chi connectivity index (χ3v) is 5.96. The Morgan fingerprint density at radius 3 is 2.37 bits per heavy atom. The molecule has 3 rings (SSSR count). The van der Waals surface area contributed by atoms with Gasteiger partial charge in [-0.25, -0.2) is 0 Å². The molecule has 0 bridgehead atoms. The van der Waals surface area contributed by atoms with Gasteiger partial charge in [0.2, 0.25) is 11.8 Å². The van der Waals surface area contributed by atoms with Crippen LogP contribution in [0.15, 0.2) is 12.2 Å². The number of nitrogens with one attached hydrogen (secondary N) is 1. The zero-order valence-corrected chi connectivity index (χ0v) is 15.8. The van der Waals surface area contributed by atoms with Crippen molar-refractivity contribution in [3.05, 3.63) is 12.2 Å². The smallest absolute Gasteiger partial charge is 0.308 e. The first-order chi connectivity index (χ1) is 13.0. The monoisotopic (exact) mass is 376 g/mol. The van der Waals surface area contributed by atoms with Gasteiger partial charge in [0.1, 0.15) is 0 Å². The van der Waals surface area contributed by atoms with Gasteiger partial charge in [-0.05, 0) is 31.6 Å². The van der Waals surface area contributed by atoms with Crippen LogP contribution in [0, 0.1) is 17.8 Å². The highest BCUT2D eigenvalue weighted by atomic mass is 16.5. The van der Waals surface area contributed by atoms with Gasteiger partial charge in [-0.3, -0.25) is 24.1 Å². The number of carbonyl (C=O) groups is 4. The van der Waals surface area contributed by atoms with Crippen molar-refractivity contribution in [2.75, 3.05) is 13.2 Å². The summed E-state index contributed by atoms with van der Waals surface area (Å²) in [6, 6.07) is 0.141. The molecular weight excluding hydrogens is 348 g/mol. The highest BCUT2D eigenvalue weighted by molar-refractivity contribution is 6.05. The van der Waals surface area contributed by atoms with Crippen molar-refractivity contribution in [1.82, 2.24) is 10.2 Å². The number of amides is 3. The fourth-order valence-corrected chi connectivity index (χ4v) is 4.29. The Morgan fingerprint density at radius 2 is 1.74 bits per heavy atom. The normalized spacial score (nSPS) is 30.2. The largest absolute Gasteiger partial charge is 0.456 e. The van der Waals surface area contributed by atoms with Gasteiger partial charge in [-0.15, -0.1) is 0 Å². The highest BCUT2D eigenvalue weighted by Crippen LogP contribution is 2.35. The molecule has 2 aliphatic carbocycles. The Labute approximate surface area is 159 Å². The van der Waals surface area contributed by atoms with Crippen molar-refractivity contribution in [1.29, 1.82) is 0 Å². The average molecular weight is 376 g/mol. The second-order valence-electron chi connectivity index (χ2n) is 7.83. The van der Waals surface area contributed by atoms with Crippen LogP contribution in [0.5, 0.6) is 0 Å². The van der Waals surface area contributed by atoms with Crippen molar-refractivity contribution in [2.45, 2.75) is 57.9 Å². The lowest BCUT2D eigenvalue weighted by Gasteiger charge is -2.29. The zero-order chi connectivity index (χ0) is 19.4. The second kappa shape index (κ2) is 8.67. The number of ether oxygens (including phenoxy) is 1. The molecule has 0 aromatic rings. The van der Waals surface area contributed by atoms with Gasteiger partial charge in [-0.2, -0.15) is 0 Å². The van der Waals surface area contributed by atoms with Crippen LogP contribution in [0.2, 0.25) is 0 Å². The van der Waals surface area contributed by atoms with Gasteiger partial charge in [0, 0.05) is 12.6 Å². The molecule has 0 aromatic carbocycles. The van der Waals surface area contributed by atoms with E-state index in [1.54, 1.807) is 0 Å². The van der Waals surface area contributed by atoms with E-state index in [1.165, 1.54) is 11.3 Å². The molecule has 0 unspecified atom stereocenters. The van der Waals surface area contributed by atoms with E-state index in [4.69, 9.17) is 4.74 Å².